The van der Waals surface area contributed by atoms with Gasteiger partial charge in [0.05, 0.1) is 0 Å². The molecular formula is C16H29NS. The lowest BCUT2D eigenvalue weighted by Crippen LogP contribution is -2.31. The van der Waals surface area contributed by atoms with Crippen molar-refractivity contribution in [3.05, 3.63) is 22.4 Å². The summed E-state index contributed by atoms with van der Waals surface area (Å²) in [5.41, 5.74) is 1.50. The van der Waals surface area contributed by atoms with E-state index in [0.29, 0.717) is 6.04 Å². The van der Waals surface area contributed by atoms with Crippen LogP contribution < -0.4 is 5.32 Å². The van der Waals surface area contributed by atoms with Crippen LogP contribution in [0.25, 0.3) is 0 Å². The van der Waals surface area contributed by atoms with Gasteiger partial charge in [-0.15, -0.1) is 0 Å². The highest BCUT2D eigenvalue weighted by Crippen LogP contribution is 2.13. The normalized spacial score (nSPS) is 12.8. The summed E-state index contributed by atoms with van der Waals surface area (Å²) in [6.45, 7) is 5.68. The molecule has 18 heavy (non-hydrogen) atoms. The maximum atomic E-state index is 3.70. The fourth-order valence-corrected chi connectivity index (χ4v) is 2.99. The van der Waals surface area contributed by atoms with E-state index in [4.69, 9.17) is 0 Å². The first-order valence-electron chi connectivity index (χ1n) is 7.61. The van der Waals surface area contributed by atoms with Gasteiger partial charge in [-0.05, 0) is 48.2 Å². The van der Waals surface area contributed by atoms with Crippen molar-refractivity contribution in [2.45, 2.75) is 71.3 Å². The molecule has 0 spiro atoms. The maximum absolute atomic E-state index is 3.70. The summed E-state index contributed by atoms with van der Waals surface area (Å²) in [4.78, 5) is 0. The Morgan fingerprint density at radius 3 is 2.61 bits per heavy atom. The van der Waals surface area contributed by atoms with Crippen LogP contribution >= 0.6 is 11.3 Å². The zero-order chi connectivity index (χ0) is 13.1. The summed E-state index contributed by atoms with van der Waals surface area (Å²) in [6.07, 6.45) is 10.7. The topological polar surface area (TPSA) is 12.0 Å². The van der Waals surface area contributed by atoms with Crippen LogP contribution in [0.3, 0.4) is 0 Å². The molecule has 1 atom stereocenters. The van der Waals surface area contributed by atoms with E-state index < -0.39 is 0 Å². The standard InChI is InChI=1S/C16H29NS/c1-3-5-6-7-8-9-16(17-11-4-2)13-15-10-12-18-14-15/h10,12,14,16-17H,3-9,11,13H2,1-2H3. The average molecular weight is 267 g/mol. The van der Waals surface area contributed by atoms with E-state index >= 15 is 0 Å². The highest BCUT2D eigenvalue weighted by molar-refractivity contribution is 7.07. The first-order chi connectivity index (χ1) is 8.86. The van der Waals surface area contributed by atoms with E-state index in [1.807, 2.05) is 11.3 Å². The first-order valence-corrected chi connectivity index (χ1v) is 8.55. The molecule has 0 fully saturated rings. The summed E-state index contributed by atoms with van der Waals surface area (Å²) in [5.74, 6) is 0. The van der Waals surface area contributed by atoms with Crippen LogP contribution in [0.5, 0.6) is 0 Å². The lowest BCUT2D eigenvalue weighted by molar-refractivity contribution is 0.451. The van der Waals surface area contributed by atoms with Crippen molar-refractivity contribution in [2.24, 2.45) is 0 Å². The second kappa shape index (κ2) is 10.6. The highest BCUT2D eigenvalue weighted by atomic mass is 32.1. The van der Waals surface area contributed by atoms with Gasteiger partial charge in [-0.3, -0.25) is 0 Å². The van der Waals surface area contributed by atoms with Crippen molar-refractivity contribution in [2.75, 3.05) is 6.54 Å². The monoisotopic (exact) mass is 267 g/mol. The Morgan fingerprint density at radius 1 is 1.11 bits per heavy atom. The lowest BCUT2D eigenvalue weighted by atomic mass is 10.0. The van der Waals surface area contributed by atoms with Crippen molar-refractivity contribution in [3.8, 4) is 0 Å². The van der Waals surface area contributed by atoms with Gasteiger partial charge < -0.3 is 5.32 Å². The Bertz CT molecular complexity index is 269. The van der Waals surface area contributed by atoms with Crippen molar-refractivity contribution >= 4 is 11.3 Å². The van der Waals surface area contributed by atoms with E-state index in [0.717, 1.165) is 6.54 Å². The molecule has 0 saturated heterocycles. The van der Waals surface area contributed by atoms with Crippen LogP contribution in [0.2, 0.25) is 0 Å². The van der Waals surface area contributed by atoms with Gasteiger partial charge in [0.15, 0.2) is 0 Å². The quantitative estimate of drug-likeness (QED) is 0.555. The molecular weight excluding hydrogens is 238 g/mol. The van der Waals surface area contributed by atoms with Crippen molar-refractivity contribution in [3.63, 3.8) is 0 Å². The number of nitrogens with one attached hydrogen (secondary N) is 1. The Morgan fingerprint density at radius 2 is 1.94 bits per heavy atom. The molecule has 0 amide bonds. The minimum atomic E-state index is 0.682. The third kappa shape index (κ3) is 7.17. The third-order valence-electron chi connectivity index (χ3n) is 3.40. The molecule has 0 aliphatic rings. The van der Waals surface area contributed by atoms with Crippen LogP contribution in [0, 0.1) is 0 Å². The molecule has 1 nitrogen and oxygen atoms in total. The van der Waals surface area contributed by atoms with Gasteiger partial charge in [-0.1, -0.05) is 46.0 Å². The molecule has 0 bridgehead atoms. The number of hydrogen-bond donors (Lipinski definition) is 1. The van der Waals surface area contributed by atoms with Gasteiger partial charge in [0.25, 0.3) is 0 Å². The van der Waals surface area contributed by atoms with Gasteiger partial charge in [-0.25, -0.2) is 0 Å². The molecule has 0 aromatic carbocycles. The molecule has 104 valence electrons. The number of unbranched alkanes of at least 4 members (excludes halogenated alkanes) is 4. The van der Waals surface area contributed by atoms with Gasteiger partial charge >= 0.3 is 0 Å². The smallest absolute Gasteiger partial charge is 0.0108 e. The predicted molar refractivity (Wildman–Crippen MR) is 83.5 cm³/mol. The van der Waals surface area contributed by atoms with E-state index in [1.165, 1.54) is 56.9 Å². The second-order valence-electron chi connectivity index (χ2n) is 5.19. The second-order valence-corrected chi connectivity index (χ2v) is 5.97. The predicted octanol–water partition coefficient (Wildman–Crippen LogP) is 5.02. The van der Waals surface area contributed by atoms with Crippen molar-refractivity contribution in [1.82, 2.24) is 5.32 Å². The van der Waals surface area contributed by atoms with E-state index in [-0.39, 0.29) is 0 Å². The minimum Gasteiger partial charge on any atom is -0.314 e. The lowest BCUT2D eigenvalue weighted by Gasteiger charge is -2.18. The maximum Gasteiger partial charge on any atom is 0.0108 e. The Balaban J connectivity index is 2.22. The Hall–Kier alpha value is -0.340. The summed E-state index contributed by atoms with van der Waals surface area (Å²) in [7, 11) is 0. The molecule has 1 unspecified atom stereocenters. The summed E-state index contributed by atoms with van der Waals surface area (Å²) < 4.78 is 0. The van der Waals surface area contributed by atoms with Crippen molar-refractivity contribution in [1.29, 1.82) is 0 Å². The zero-order valence-corrected chi connectivity index (χ0v) is 12.9. The molecule has 2 heteroatoms. The van der Waals surface area contributed by atoms with Crippen LogP contribution in [-0.2, 0) is 6.42 Å². The Labute approximate surface area is 117 Å². The molecule has 1 heterocycles. The van der Waals surface area contributed by atoms with Crippen LogP contribution in [-0.4, -0.2) is 12.6 Å². The van der Waals surface area contributed by atoms with Gasteiger partial charge in [0.2, 0.25) is 0 Å². The van der Waals surface area contributed by atoms with Crippen molar-refractivity contribution < 1.29 is 0 Å². The fraction of sp³-hybridized carbons (Fsp3) is 0.750. The van der Waals surface area contributed by atoms with Gasteiger partial charge in [-0.2, -0.15) is 11.3 Å². The fourth-order valence-electron chi connectivity index (χ4n) is 2.31. The molecule has 1 aromatic heterocycles. The molecule has 0 saturated carbocycles. The van der Waals surface area contributed by atoms with E-state index in [9.17, 15) is 0 Å². The number of rotatable bonds is 11. The zero-order valence-electron chi connectivity index (χ0n) is 12.1. The number of thiophene rings is 1. The number of hydrogen-bond acceptors (Lipinski definition) is 2. The van der Waals surface area contributed by atoms with Gasteiger partial charge in [0.1, 0.15) is 0 Å². The summed E-state index contributed by atoms with van der Waals surface area (Å²) >= 11 is 1.81. The first kappa shape index (κ1) is 15.7. The van der Waals surface area contributed by atoms with Crippen LogP contribution in [0.15, 0.2) is 16.8 Å². The highest BCUT2D eigenvalue weighted by Gasteiger charge is 2.08. The molecule has 1 rings (SSSR count). The minimum absolute atomic E-state index is 0.682. The van der Waals surface area contributed by atoms with E-state index in [2.05, 4.69) is 36.0 Å². The largest absolute Gasteiger partial charge is 0.314 e. The molecule has 0 aliphatic carbocycles. The molecule has 0 radical (unpaired) electrons. The summed E-state index contributed by atoms with van der Waals surface area (Å²) in [5, 5.41) is 8.18. The SMILES string of the molecule is CCCCCCCC(Cc1ccsc1)NCCC. The van der Waals surface area contributed by atoms with Crippen LogP contribution in [0.4, 0.5) is 0 Å². The Kier molecular flexibility index (Phi) is 9.23. The summed E-state index contributed by atoms with van der Waals surface area (Å²) in [6, 6.07) is 2.95. The van der Waals surface area contributed by atoms with E-state index in [1.54, 1.807) is 0 Å². The molecule has 0 aliphatic heterocycles. The third-order valence-corrected chi connectivity index (χ3v) is 4.13. The van der Waals surface area contributed by atoms with Gasteiger partial charge in [0, 0.05) is 6.04 Å². The average Bonchev–Trinajstić information content (AvgIpc) is 2.88. The molecule has 1 aromatic rings. The van der Waals surface area contributed by atoms with Crippen LogP contribution in [0.1, 0.15) is 64.4 Å². The molecule has 1 N–H and O–H groups in total.